The fraction of sp³-hybridized carbons (Fsp3) is 0.533. The van der Waals surface area contributed by atoms with Crippen molar-refractivity contribution >= 4 is 17.0 Å². The SMILES string of the molecule is COc1ccc2c(c1)nc(N)n2CC1(C2CC2)CC1. The van der Waals surface area contributed by atoms with E-state index < -0.39 is 0 Å². The number of nitrogen functional groups attached to an aromatic ring is 1. The van der Waals surface area contributed by atoms with Crippen LogP contribution in [0.1, 0.15) is 25.7 Å². The molecule has 0 atom stereocenters. The monoisotopic (exact) mass is 257 g/mol. The van der Waals surface area contributed by atoms with Gasteiger partial charge in [-0.3, -0.25) is 0 Å². The molecule has 4 rings (SSSR count). The van der Waals surface area contributed by atoms with Crippen molar-refractivity contribution in [1.29, 1.82) is 0 Å². The number of hydrogen-bond acceptors (Lipinski definition) is 3. The molecule has 2 fully saturated rings. The average molecular weight is 257 g/mol. The van der Waals surface area contributed by atoms with Crippen molar-refractivity contribution in [2.24, 2.45) is 11.3 Å². The molecule has 2 aliphatic rings. The smallest absolute Gasteiger partial charge is 0.201 e. The van der Waals surface area contributed by atoms with E-state index in [2.05, 4.69) is 15.6 Å². The van der Waals surface area contributed by atoms with E-state index in [1.54, 1.807) is 7.11 Å². The lowest BCUT2D eigenvalue weighted by Crippen LogP contribution is -2.15. The topological polar surface area (TPSA) is 53.1 Å². The van der Waals surface area contributed by atoms with Crippen molar-refractivity contribution in [3.8, 4) is 5.75 Å². The van der Waals surface area contributed by atoms with Gasteiger partial charge in [0.1, 0.15) is 5.75 Å². The number of aromatic nitrogens is 2. The van der Waals surface area contributed by atoms with Crippen molar-refractivity contribution in [3.63, 3.8) is 0 Å². The molecule has 0 unspecified atom stereocenters. The number of methoxy groups -OCH3 is 1. The molecule has 2 aliphatic carbocycles. The second-order valence-corrected chi connectivity index (χ2v) is 6.05. The molecule has 0 radical (unpaired) electrons. The van der Waals surface area contributed by atoms with Gasteiger partial charge < -0.3 is 15.0 Å². The van der Waals surface area contributed by atoms with Crippen LogP contribution in [0.15, 0.2) is 18.2 Å². The molecule has 19 heavy (non-hydrogen) atoms. The van der Waals surface area contributed by atoms with Crippen molar-refractivity contribution < 1.29 is 4.74 Å². The van der Waals surface area contributed by atoms with E-state index in [0.29, 0.717) is 11.4 Å². The molecule has 0 amide bonds. The van der Waals surface area contributed by atoms with E-state index in [4.69, 9.17) is 10.5 Å². The molecule has 2 N–H and O–H groups in total. The lowest BCUT2D eigenvalue weighted by Gasteiger charge is -2.16. The third-order valence-corrected chi connectivity index (χ3v) is 4.79. The van der Waals surface area contributed by atoms with Gasteiger partial charge in [-0.1, -0.05) is 0 Å². The maximum Gasteiger partial charge on any atom is 0.201 e. The first-order chi connectivity index (χ1) is 9.22. The lowest BCUT2D eigenvalue weighted by molar-refractivity contribution is 0.377. The Morgan fingerprint density at radius 1 is 1.42 bits per heavy atom. The normalized spacial score (nSPS) is 20.7. The van der Waals surface area contributed by atoms with Gasteiger partial charge in [-0.2, -0.15) is 0 Å². The number of ether oxygens (including phenoxy) is 1. The van der Waals surface area contributed by atoms with Crippen LogP contribution in [0, 0.1) is 11.3 Å². The van der Waals surface area contributed by atoms with Crippen molar-refractivity contribution in [2.75, 3.05) is 12.8 Å². The summed E-state index contributed by atoms with van der Waals surface area (Å²) in [6.45, 7) is 1.03. The van der Waals surface area contributed by atoms with Gasteiger partial charge in [0, 0.05) is 12.6 Å². The number of anilines is 1. The minimum Gasteiger partial charge on any atom is -0.497 e. The van der Waals surface area contributed by atoms with Crippen LogP contribution >= 0.6 is 0 Å². The van der Waals surface area contributed by atoms with Gasteiger partial charge in [0.2, 0.25) is 5.95 Å². The fourth-order valence-electron chi connectivity index (χ4n) is 3.29. The molecule has 0 bridgehead atoms. The van der Waals surface area contributed by atoms with Gasteiger partial charge in [-0.25, -0.2) is 4.98 Å². The largest absolute Gasteiger partial charge is 0.497 e. The molecule has 4 nitrogen and oxygen atoms in total. The molecule has 2 aromatic rings. The summed E-state index contributed by atoms with van der Waals surface area (Å²) in [6.07, 6.45) is 5.51. The minimum absolute atomic E-state index is 0.529. The molecule has 100 valence electrons. The Kier molecular flexibility index (Phi) is 2.14. The van der Waals surface area contributed by atoms with Gasteiger partial charge >= 0.3 is 0 Å². The van der Waals surface area contributed by atoms with Crippen LogP contribution in [0.2, 0.25) is 0 Å². The minimum atomic E-state index is 0.529. The number of rotatable bonds is 4. The van der Waals surface area contributed by atoms with Crippen LogP contribution < -0.4 is 10.5 Å². The first kappa shape index (κ1) is 11.1. The molecule has 1 aromatic carbocycles. The summed E-state index contributed by atoms with van der Waals surface area (Å²) in [5.41, 5.74) is 8.70. The predicted molar refractivity (Wildman–Crippen MR) is 75.1 cm³/mol. The maximum atomic E-state index is 6.11. The molecular formula is C15H19N3O. The summed E-state index contributed by atoms with van der Waals surface area (Å²) >= 11 is 0. The molecule has 0 saturated heterocycles. The predicted octanol–water partition coefficient (Wildman–Crippen LogP) is 2.82. The number of hydrogen-bond donors (Lipinski definition) is 1. The van der Waals surface area contributed by atoms with Gasteiger partial charge in [-0.15, -0.1) is 0 Å². The van der Waals surface area contributed by atoms with Gasteiger partial charge in [-0.05, 0) is 49.1 Å². The summed E-state index contributed by atoms with van der Waals surface area (Å²) in [6, 6.07) is 6.01. The lowest BCUT2D eigenvalue weighted by atomic mass is 10.0. The van der Waals surface area contributed by atoms with Crippen molar-refractivity contribution in [3.05, 3.63) is 18.2 Å². The summed E-state index contributed by atoms with van der Waals surface area (Å²) < 4.78 is 7.44. The van der Waals surface area contributed by atoms with Crippen LogP contribution in [0.5, 0.6) is 5.75 Å². The van der Waals surface area contributed by atoms with E-state index in [1.807, 2.05) is 12.1 Å². The van der Waals surface area contributed by atoms with Crippen LogP contribution in [0.4, 0.5) is 5.95 Å². The zero-order valence-electron chi connectivity index (χ0n) is 11.2. The van der Waals surface area contributed by atoms with Gasteiger partial charge in [0.05, 0.1) is 18.1 Å². The first-order valence-electron chi connectivity index (χ1n) is 7.02. The zero-order chi connectivity index (χ0) is 13.0. The van der Waals surface area contributed by atoms with Crippen LogP contribution in [0.25, 0.3) is 11.0 Å². The summed E-state index contributed by atoms with van der Waals surface area (Å²) in [5.74, 6) is 2.40. The second-order valence-electron chi connectivity index (χ2n) is 6.05. The number of fused-ring (bicyclic) bond motifs is 1. The third kappa shape index (κ3) is 1.70. The number of imidazole rings is 1. The highest BCUT2D eigenvalue weighted by molar-refractivity contribution is 5.79. The Bertz CT molecular complexity index is 638. The number of nitrogens with two attached hydrogens (primary N) is 1. The molecular weight excluding hydrogens is 238 g/mol. The average Bonchev–Trinajstić information content (AvgIpc) is 3.28. The number of nitrogens with zero attached hydrogens (tertiary/aromatic N) is 2. The zero-order valence-corrected chi connectivity index (χ0v) is 11.2. The van der Waals surface area contributed by atoms with E-state index >= 15 is 0 Å². The first-order valence-corrected chi connectivity index (χ1v) is 7.02. The van der Waals surface area contributed by atoms with E-state index in [0.717, 1.165) is 29.2 Å². The Morgan fingerprint density at radius 3 is 2.84 bits per heavy atom. The quantitative estimate of drug-likeness (QED) is 0.916. The molecule has 0 aliphatic heterocycles. The highest BCUT2D eigenvalue weighted by Crippen LogP contribution is 2.62. The summed E-state index contributed by atoms with van der Waals surface area (Å²) in [5, 5.41) is 0. The number of benzene rings is 1. The fourth-order valence-corrected chi connectivity index (χ4v) is 3.29. The molecule has 4 heteroatoms. The maximum absolute atomic E-state index is 6.11. The van der Waals surface area contributed by atoms with Crippen LogP contribution in [0.3, 0.4) is 0 Å². The van der Waals surface area contributed by atoms with Crippen LogP contribution in [-0.4, -0.2) is 16.7 Å². The summed E-state index contributed by atoms with van der Waals surface area (Å²) in [7, 11) is 1.67. The Hall–Kier alpha value is -1.71. The standard InChI is InChI=1S/C15H19N3O/c1-19-11-4-5-13-12(8-11)17-14(16)18(13)9-15(6-7-15)10-2-3-10/h4-5,8,10H,2-3,6-7,9H2,1H3,(H2,16,17). The van der Waals surface area contributed by atoms with Crippen molar-refractivity contribution in [1.82, 2.24) is 9.55 Å². The van der Waals surface area contributed by atoms with Crippen LogP contribution in [-0.2, 0) is 6.54 Å². The van der Waals surface area contributed by atoms with Gasteiger partial charge in [0.25, 0.3) is 0 Å². The van der Waals surface area contributed by atoms with E-state index in [1.165, 1.54) is 25.7 Å². The Morgan fingerprint density at radius 2 is 2.21 bits per heavy atom. The van der Waals surface area contributed by atoms with Crippen molar-refractivity contribution in [2.45, 2.75) is 32.2 Å². The Labute approximate surface area is 112 Å². The molecule has 1 heterocycles. The summed E-state index contributed by atoms with van der Waals surface area (Å²) in [4.78, 5) is 4.47. The third-order valence-electron chi connectivity index (χ3n) is 4.79. The molecule has 1 aromatic heterocycles. The molecule has 0 spiro atoms. The highest BCUT2D eigenvalue weighted by atomic mass is 16.5. The Balaban J connectivity index is 1.74. The highest BCUT2D eigenvalue weighted by Gasteiger charge is 2.54. The van der Waals surface area contributed by atoms with E-state index in [9.17, 15) is 0 Å². The van der Waals surface area contributed by atoms with E-state index in [-0.39, 0.29) is 0 Å². The molecule has 2 saturated carbocycles. The van der Waals surface area contributed by atoms with Gasteiger partial charge in [0.15, 0.2) is 0 Å². The second kappa shape index (κ2) is 3.65.